The van der Waals surface area contributed by atoms with Gasteiger partial charge in [0.05, 0.1) is 11.5 Å². The first kappa shape index (κ1) is 12.8. The number of nitrogens with one attached hydrogen (secondary N) is 1. The van der Waals surface area contributed by atoms with Crippen molar-refractivity contribution in [3.8, 4) is 0 Å². The summed E-state index contributed by atoms with van der Waals surface area (Å²) in [6.45, 7) is 4.05. The lowest BCUT2D eigenvalue weighted by Crippen LogP contribution is -2.16. The third-order valence-corrected chi connectivity index (χ3v) is 3.19. The molecule has 0 saturated carbocycles. The molecule has 1 aliphatic heterocycles. The maximum atomic E-state index is 11.1. The molecule has 1 saturated heterocycles. The fourth-order valence-electron chi connectivity index (χ4n) is 2.18. The Morgan fingerprint density at radius 1 is 1.67 bits per heavy atom. The molecule has 0 radical (unpaired) electrons. The summed E-state index contributed by atoms with van der Waals surface area (Å²) < 4.78 is 6.83. The molecule has 2 heterocycles. The minimum atomic E-state index is -0.362. The van der Waals surface area contributed by atoms with Crippen LogP contribution in [-0.2, 0) is 18.2 Å². The highest BCUT2D eigenvalue weighted by molar-refractivity contribution is 5.59. The highest BCUT2D eigenvalue weighted by atomic mass is 16.6. The molecule has 0 aromatic carbocycles. The molecular weight excluding hydrogens is 236 g/mol. The third kappa shape index (κ3) is 2.45. The number of nitro groups is 1. The summed E-state index contributed by atoms with van der Waals surface area (Å²) in [5, 5.41) is 18.4. The second kappa shape index (κ2) is 5.34. The molecule has 1 aromatic rings. The highest BCUT2D eigenvalue weighted by Crippen LogP contribution is 2.28. The third-order valence-electron chi connectivity index (χ3n) is 3.19. The minimum absolute atomic E-state index is 0.0962. The van der Waals surface area contributed by atoms with E-state index in [4.69, 9.17) is 4.74 Å². The standard InChI is InChI=1S/C11H18N4O3/c1-3-9-10(15(16)17)11(14(2)13-9)12-6-8-4-5-18-7-8/h8,12H,3-7H2,1-2H3. The van der Waals surface area contributed by atoms with Crippen LogP contribution in [-0.4, -0.2) is 34.5 Å². The largest absolute Gasteiger partial charge is 0.381 e. The molecule has 100 valence electrons. The zero-order valence-electron chi connectivity index (χ0n) is 10.7. The van der Waals surface area contributed by atoms with E-state index in [0.29, 0.717) is 30.4 Å². The average molecular weight is 254 g/mol. The van der Waals surface area contributed by atoms with Crippen molar-refractivity contribution < 1.29 is 9.66 Å². The predicted molar refractivity (Wildman–Crippen MR) is 66.7 cm³/mol. The summed E-state index contributed by atoms with van der Waals surface area (Å²) in [5.41, 5.74) is 0.617. The summed E-state index contributed by atoms with van der Waals surface area (Å²) in [6.07, 6.45) is 1.55. The first-order valence-electron chi connectivity index (χ1n) is 6.15. The number of ether oxygens (including phenoxy) is 1. The van der Waals surface area contributed by atoms with E-state index in [-0.39, 0.29) is 10.6 Å². The van der Waals surface area contributed by atoms with Crippen LogP contribution >= 0.6 is 0 Å². The smallest absolute Gasteiger partial charge is 0.333 e. The maximum absolute atomic E-state index is 11.1. The van der Waals surface area contributed by atoms with Gasteiger partial charge in [0, 0.05) is 26.1 Å². The molecule has 1 atom stereocenters. The monoisotopic (exact) mass is 254 g/mol. The van der Waals surface area contributed by atoms with E-state index in [0.717, 1.165) is 19.6 Å². The molecule has 0 bridgehead atoms. The van der Waals surface area contributed by atoms with Gasteiger partial charge in [0.15, 0.2) is 0 Å². The molecule has 2 rings (SSSR count). The van der Waals surface area contributed by atoms with Gasteiger partial charge in [-0.3, -0.25) is 10.1 Å². The molecule has 0 amide bonds. The predicted octanol–water partition coefficient (Wildman–Crippen LogP) is 1.34. The van der Waals surface area contributed by atoms with Crippen molar-refractivity contribution in [3.63, 3.8) is 0 Å². The van der Waals surface area contributed by atoms with Gasteiger partial charge in [0.25, 0.3) is 0 Å². The topological polar surface area (TPSA) is 82.2 Å². The van der Waals surface area contributed by atoms with Crippen molar-refractivity contribution in [3.05, 3.63) is 15.8 Å². The summed E-state index contributed by atoms with van der Waals surface area (Å²) in [7, 11) is 1.72. The van der Waals surface area contributed by atoms with Crippen LogP contribution in [0.3, 0.4) is 0 Å². The Bertz CT molecular complexity index is 438. The Hall–Kier alpha value is -1.63. The molecule has 18 heavy (non-hydrogen) atoms. The number of hydrogen-bond donors (Lipinski definition) is 1. The normalized spacial score (nSPS) is 19.1. The van der Waals surface area contributed by atoms with Crippen molar-refractivity contribution in [1.82, 2.24) is 9.78 Å². The zero-order chi connectivity index (χ0) is 13.1. The second-order valence-electron chi connectivity index (χ2n) is 4.49. The van der Waals surface area contributed by atoms with Crippen molar-refractivity contribution in [2.75, 3.05) is 25.1 Å². The summed E-state index contributed by atoms with van der Waals surface area (Å²) in [6, 6.07) is 0. The molecule has 0 spiro atoms. The van der Waals surface area contributed by atoms with E-state index in [1.165, 1.54) is 0 Å². The van der Waals surface area contributed by atoms with E-state index in [1.54, 1.807) is 11.7 Å². The minimum Gasteiger partial charge on any atom is -0.381 e. The first-order valence-corrected chi connectivity index (χ1v) is 6.15. The molecular formula is C11H18N4O3. The van der Waals surface area contributed by atoms with Gasteiger partial charge in [-0.25, -0.2) is 4.68 Å². The number of hydrogen-bond acceptors (Lipinski definition) is 5. The maximum Gasteiger partial charge on any atom is 0.333 e. The average Bonchev–Trinajstić information content (AvgIpc) is 2.93. The number of anilines is 1. The van der Waals surface area contributed by atoms with Crippen LogP contribution in [0.1, 0.15) is 19.0 Å². The van der Waals surface area contributed by atoms with Gasteiger partial charge in [0.1, 0.15) is 5.69 Å². The fraction of sp³-hybridized carbons (Fsp3) is 0.727. The van der Waals surface area contributed by atoms with Crippen LogP contribution in [0.4, 0.5) is 11.5 Å². The van der Waals surface area contributed by atoms with E-state index < -0.39 is 0 Å². The van der Waals surface area contributed by atoms with Crippen LogP contribution in [0.25, 0.3) is 0 Å². The summed E-state index contributed by atoms with van der Waals surface area (Å²) in [4.78, 5) is 10.7. The summed E-state index contributed by atoms with van der Waals surface area (Å²) in [5.74, 6) is 0.910. The number of nitrogens with zero attached hydrogens (tertiary/aromatic N) is 3. The van der Waals surface area contributed by atoms with Crippen LogP contribution in [0.15, 0.2) is 0 Å². The fourth-order valence-corrected chi connectivity index (χ4v) is 2.18. The number of aromatic nitrogens is 2. The van der Waals surface area contributed by atoms with Crippen molar-refractivity contribution in [2.45, 2.75) is 19.8 Å². The van der Waals surface area contributed by atoms with Gasteiger partial charge in [-0.15, -0.1) is 0 Å². The van der Waals surface area contributed by atoms with Gasteiger partial charge in [-0.05, 0) is 12.8 Å². The Balaban J connectivity index is 2.14. The Kier molecular flexibility index (Phi) is 3.81. The first-order chi connectivity index (χ1) is 8.63. The van der Waals surface area contributed by atoms with Gasteiger partial charge < -0.3 is 10.1 Å². The van der Waals surface area contributed by atoms with Crippen LogP contribution in [0.5, 0.6) is 0 Å². The van der Waals surface area contributed by atoms with Gasteiger partial charge >= 0.3 is 5.69 Å². The van der Waals surface area contributed by atoms with Gasteiger partial charge in [-0.1, -0.05) is 6.92 Å². The highest BCUT2D eigenvalue weighted by Gasteiger charge is 2.26. The van der Waals surface area contributed by atoms with Crippen molar-refractivity contribution in [1.29, 1.82) is 0 Å². The molecule has 1 unspecified atom stereocenters. The zero-order valence-corrected chi connectivity index (χ0v) is 10.7. The quantitative estimate of drug-likeness (QED) is 0.633. The Morgan fingerprint density at radius 2 is 2.44 bits per heavy atom. The number of rotatable bonds is 5. The Labute approximate surface area is 105 Å². The lowest BCUT2D eigenvalue weighted by atomic mass is 10.1. The van der Waals surface area contributed by atoms with E-state index in [2.05, 4.69) is 10.4 Å². The SMILES string of the molecule is CCc1nn(C)c(NCC2CCOC2)c1[N+](=O)[O-]. The molecule has 7 heteroatoms. The van der Waals surface area contributed by atoms with E-state index >= 15 is 0 Å². The van der Waals surface area contributed by atoms with Crippen molar-refractivity contribution >= 4 is 11.5 Å². The molecule has 1 N–H and O–H groups in total. The van der Waals surface area contributed by atoms with Crippen LogP contribution in [0.2, 0.25) is 0 Å². The van der Waals surface area contributed by atoms with Crippen LogP contribution in [0, 0.1) is 16.0 Å². The molecule has 0 aliphatic carbocycles. The molecule has 7 nitrogen and oxygen atoms in total. The van der Waals surface area contributed by atoms with E-state index in [1.807, 2.05) is 6.92 Å². The number of aryl methyl sites for hydroxylation is 2. The van der Waals surface area contributed by atoms with Crippen LogP contribution < -0.4 is 5.32 Å². The second-order valence-corrected chi connectivity index (χ2v) is 4.49. The lowest BCUT2D eigenvalue weighted by Gasteiger charge is -2.10. The van der Waals surface area contributed by atoms with E-state index in [9.17, 15) is 10.1 Å². The molecule has 1 aromatic heterocycles. The molecule has 1 aliphatic rings. The Morgan fingerprint density at radius 3 is 3.00 bits per heavy atom. The lowest BCUT2D eigenvalue weighted by molar-refractivity contribution is -0.384. The van der Waals surface area contributed by atoms with Crippen molar-refractivity contribution in [2.24, 2.45) is 13.0 Å². The van der Waals surface area contributed by atoms with Gasteiger partial charge in [0.2, 0.25) is 5.82 Å². The molecule has 1 fully saturated rings. The summed E-state index contributed by atoms with van der Waals surface area (Å²) >= 11 is 0. The van der Waals surface area contributed by atoms with Gasteiger partial charge in [-0.2, -0.15) is 5.10 Å².